The predicted molar refractivity (Wildman–Crippen MR) is 64.4 cm³/mol. The van der Waals surface area contributed by atoms with Crippen LogP contribution in [0.15, 0.2) is 4.52 Å². The van der Waals surface area contributed by atoms with E-state index in [4.69, 9.17) is 4.52 Å². The monoisotopic (exact) mass is 235 g/mol. The van der Waals surface area contributed by atoms with Crippen LogP contribution in [0.2, 0.25) is 0 Å². The lowest BCUT2D eigenvalue weighted by atomic mass is 9.75. The highest BCUT2D eigenvalue weighted by atomic mass is 16.5. The van der Waals surface area contributed by atoms with E-state index in [-0.39, 0.29) is 0 Å². The maximum absolute atomic E-state index is 5.20. The molecule has 17 heavy (non-hydrogen) atoms. The highest BCUT2D eigenvalue weighted by Gasteiger charge is 2.31. The van der Waals surface area contributed by atoms with Gasteiger partial charge in [-0.3, -0.25) is 4.90 Å². The van der Waals surface area contributed by atoms with E-state index in [1.807, 2.05) is 6.92 Å². The molecule has 2 aliphatic rings. The third-order valence-electron chi connectivity index (χ3n) is 4.30. The van der Waals surface area contributed by atoms with Crippen molar-refractivity contribution in [3.63, 3.8) is 0 Å². The standard InChI is InChI=1S/C13H21N3O/c1-10-14-13(17-15-10)9-16-7-6-11-4-2-3-5-12(11)8-16/h11-12H,2-9H2,1H3/t11-,12+/m1/s1. The number of hydrogen-bond acceptors (Lipinski definition) is 4. The summed E-state index contributed by atoms with van der Waals surface area (Å²) < 4.78 is 5.20. The van der Waals surface area contributed by atoms with E-state index in [2.05, 4.69) is 15.0 Å². The number of rotatable bonds is 2. The van der Waals surface area contributed by atoms with Crippen LogP contribution in [0.4, 0.5) is 0 Å². The summed E-state index contributed by atoms with van der Waals surface area (Å²) in [6.07, 6.45) is 7.11. The van der Waals surface area contributed by atoms with Crippen molar-refractivity contribution in [1.29, 1.82) is 0 Å². The van der Waals surface area contributed by atoms with Crippen molar-refractivity contribution >= 4 is 0 Å². The molecule has 4 heteroatoms. The van der Waals surface area contributed by atoms with Gasteiger partial charge in [0.05, 0.1) is 6.54 Å². The minimum absolute atomic E-state index is 0.743. The van der Waals surface area contributed by atoms with Crippen molar-refractivity contribution < 1.29 is 4.52 Å². The molecular formula is C13H21N3O. The Morgan fingerprint density at radius 1 is 1.24 bits per heavy atom. The fourth-order valence-corrected chi connectivity index (χ4v) is 3.42. The molecule has 0 radical (unpaired) electrons. The van der Waals surface area contributed by atoms with Crippen LogP contribution in [0.5, 0.6) is 0 Å². The molecule has 0 aromatic carbocycles. The average Bonchev–Trinajstić information content (AvgIpc) is 2.75. The lowest BCUT2D eigenvalue weighted by molar-refractivity contribution is 0.0747. The minimum atomic E-state index is 0.743. The Balaban J connectivity index is 1.58. The summed E-state index contributed by atoms with van der Waals surface area (Å²) in [7, 11) is 0. The van der Waals surface area contributed by atoms with Gasteiger partial charge >= 0.3 is 0 Å². The first-order valence-corrected chi connectivity index (χ1v) is 6.83. The quantitative estimate of drug-likeness (QED) is 0.789. The molecule has 0 unspecified atom stereocenters. The van der Waals surface area contributed by atoms with Gasteiger partial charge in [0.15, 0.2) is 5.82 Å². The van der Waals surface area contributed by atoms with Crippen LogP contribution in [-0.2, 0) is 6.54 Å². The Labute approximate surface area is 102 Å². The molecule has 1 aromatic rings. The lowest BCUT2D eigenvalue weighted by Gasteiger charge is -2.40. The van der Waals surface area contributed by atoms with Gasteiger partial charge in [-0.25, -0.2) is 0 Å². The molecule has 4 nitrogen and oxygen atoms in total. The largest absolute Gasteiger partial charge is 0.338 e. The number of hydrogen-bond donors (Lipinski definition) is 0. The third kappa shape index (κ3) is 2.51. The van der Waals surface area contributed by atoms with Gasteiger partial charge in [0.2, 0.25) is 5.89 Å². The predicted octanol–water partition coefficient (Wildman–Crippen LogP) is 2.39. The van der Waals surface area contributed by atoms with Crippen molar-refractivity contribution in [2.24, 2.45) is 11.8 Å². The molecule has 1 aromatic heterocycles. The van der Waals surface area contributed by atoms with Gasteiger partial charge in [-0.15, -0.1) is 0 Å². The van der Waals surface area contributed by atoms with Gasteiger partial charge in [-0.05, 0) is 38.1 Å². The first kappa shape index (κ1) is 11.2. The molecule has 2 fully saturated rings. The number of likely N-dealkylation sites (tertiary alicyclic amines) is 1. The lowest BCUT2D eigenvalue weighted by Crippen LogP contribution is -2.41. The summed E-state index contributed by atoms with van der Waals surface area (Å²) >= 11 is 0. The summed E-state index contributed by atoms with van der Waals surface area (Å²) in [4.78, 5) is 6.77. The molecule has 1 aliphatic carbocycles. The molecule has 1 saturated heterocycles. The van der Waals surface area contributed by atoms with Crippen LogP contribution in [0.3, 0.4) is 0 Å². The molecule has 0 amide bonds. The summed E-state index contributed by atoms with van der Waals surface area (Å²) in [5.74, 6) is 3.43. The maximum Gasteiger partial charge on any atom is 0.240 e. The summed E-state index contributed by atoms with van der Waals surface area (Å²) in [5, 5.41) is 3.85. The summed E-state index contributed by atoms with van der Waals surface area (Å²) in [5.41, 5.74) is 0. The maximum atomic E-state index is 5.20. The fraction of sp³-hybridized carbons (Fsp3) is 0.846. The van der Waals surface area contributed by atoms with E-state index in [1.165, 1.54) is 45.2 Å². The Morgan fingerprint density at radius 2 is 2.06 bits per heavy atom. The molecule has 2 heterocycles. The number of nitrogens with zero attached hydrogens (tertiary/aromatic N) is 3. The van der Waals surface area contributed by atoms with Crippen LogP contribution in [0.25, 0.3) is 0 Å². The van der Waals surface area contributed by atoms with Crippen molar-refractivity contribution in [2.75, 3.05) is 13.1 Å². The Bertz CT molecular complexity index is 376. The molecule has 0 bridgehead atoms. The van der Waals surface area contributed by atoms with Gasteiger partial charge in [-0.2, -0.15) is 4.98 Å². The minimum Gasteiger partial charge on any atom is -0.338 e. The normalized spacial score (nSPS) is 30.2. The van der Waals surface area contributed by atoms with Gasteiger partial charge in [0.1, 0.15) is 0 Å². The van der Waals surface area contributed by atoms with E-state index in [1.54, 1.807) is 0 Å². The fourth-order valence-electron chi connectivity index (χ4n) is 3.42. The van der Waals surface area contributed by atoms with Crippen molar-refractivity contribution in [2.45, 2.75) is 45.6 Å². The van der Waals surface area contributed by atoms with E-state index >= 15 is 0 Å². The van der Waals surface area contributed by atoms with Gasteiger partial charge in [0.25, 0.3) is 0 Å². The Morgan fingerprint density at radius 3 is 2.82 bits per heavy atom. The van der Waals surface area contributed by atoms with Crippen LogP contribution in [0.1, 0.15) is 43.8 Å². The van der Waals surface area contributed by atoms with Crippen LogP contribution in [-0.4, -0.2) is 28.1 Å². The highest BCUT2D eigenvalue weighted by Crippen LogP contribution is 2.36. The zero-order valence-corrected chi connectivity index (χ0v) is 10.6. The second-order valence-electron chi connectivity index (χ2n) is 5.56. The molecule has 3 rings (SSSR count). The van der Waals surface area contributed by atoms with E-state index in [0.29, 0.717) is 0 Å². The molecule has 0 spiro atoms. The smallest absolute Gasteiger partial charge is 0.240 e. The topological polar surface area (TPSA) is 42.2 Å². The SMILES string of the molecule is Cc1noc(CN2CC[C@H]3CCCC[C@H]3C2)n1. The number of aromatic nitrogens is 2. The molecular weight excluding hydrogens is 214 g/mol. The second-order valence-corrected chi connectivity index (χ2v) is 5.56. The average molecular weight is 235 g/mol. The van der Waals surface area contributed by atoms with E-state index < -0.39 is 0 Å². The van der Waals surface area contributed by atoms with Crippen LogP contribution < -0.4 is 0 Å². The molecule has 1 saturated carbocycles. The second kappa shape index (κ2) is 4.77. The summed E-state index contributed by atoms with van der Waals surface area (Å²) in [6.45, 7) is 5.14. The first-order valence-electron chi connectivity index (χ1n) is 6.83. The van der Waals surface area contributed by atoms with Gasteiger partial charge in [-0.1, -0.05) is 24.4 Å². The molecule has 2 atom stereocenters. The van der Waals surface area contributed by atoms with Crippen LogP contribution >= 0.6 is 0 Å². The zero-order valence-electron chi connectivity index (χ0n) is 10.6. The Kier molecular flexibility index (Phi) is 3.14. The molecule has 0 N–H and O–H groups in total. The van der Waals surface area contributed by atoms with Gasteiger partial charge < -0.3 is 4.52 Å². The van der Waals surface area contributed by atoms with E-state index in [9.17, 15) is 0 Å². The number of aryl methyl sites for hydroxylation is 1. The first-order chi connectivity index (χ1) is 8.31. The Hall–Kier alpha value is -0.900. The molecule has 1 aliphatic heterocycles. The zero-order chi connectivity index (χ0) is 11.7. The highest BCUT2D eigenvalue weighted by molar-refractivity contribution is 4.87. The van der Waals surface area contributed by atoms with Crippen molar-refractivity contribution in [3.05, 3.63) is 11.7 Å². The van der Waals surface area contributed by atoms with Gasteiger partial charge in [0, 0.05) is 6.54 Å². The van der Waals surface area contributed by atoms with Crippen LogP contribution in [0, 0.1) is 18.8 Å². The summed E-state index contributed by atoms with van der Waals surface area (Å²) in [6, 6.07) is 0. The third-order valence-corrected chi connectivity index (χ3v) is 4.30. The van der Waals surface area contributed by atoms with Crippen molar-refractivity contribution in [1.82, 2.24) is 15.0 Å². The molecule has 94 valence electrons. The van der Waals surface area contributed by atoms with E-state index in [0.717, 1.165) is 30.1 Å². The van der Waals surface area contributed by atoms with Crippen molar-refractivity contribution in [3.8, 4) is 0 Å². The number of piperidine rings is 1. The number of fused-ring (bicyclic) bond motifs is 1.